The van der Waals surface area contributed by atoms with Gasteiger partial charge in [-0.1, -0.05) is 6.08 Å². The molecule has 0 atom stereocenters. The second-order valence-corrected chi connectivity index (χ2v) is 2.73. The maximum Gasteiger partial charge on any atom is 0.322 e. The summed E-state index contributed by atoms with van der Waals surface area (Å²) in [5.74, 6) is 6.24. The average Bonchev–Trinajstić information content (AvgIpc) is 2.25. The summed E-state index contributed by atoms with van der Waals surface area (Å²) >= 11 is 0. The molecule has 1 aromatic rings. The average molecular weight is 210 g/mol. The van der Waals surface area contributed by atoms with Gasteiger partial charge in [-0.25, -0.2) is 5.84 Å². The summed E-state index contributed by atoms with van der Waals surface area (Å²) in [4.78, 5) is 12.0. The molecular formula is C8H14N6O. The highest BCUT2D eigenvalue weighted by molar-refractivity contribution is 5.36. The van der Waals surface area contributed by atoms with Gasteiger partial charge in [0.25, 0.3) is 0 Å². The predicted molar refractivity (Wildman–Crippen MR) is 57.7 cm³/mol. The molecule has 0 aliphatic carbocycles. The molecule has 0 saturated heterocycles. The number of methoxy groups -OCH3 is 1. The van der Waals surface area contributed by atoms with Crippen LogP contribution < -0.4 is 20.9 Å². The number of anilines is 2. The summed E-state index contributed by atoms with van der Waals surface area (Å²) in [6.07, 6.45) is 1.70. The Hall–Kier alpha value is -1.89. The van der Waals surface area contributed by atoms with E-state index >= 15 is 0 Å². The SMILES string of the molecule is C=CCNc1nc(OC)nc(N(C)N)n1. The molecule has 1 rings (SSSR count). The second-order valence-electron chi connectivity index (χ2n) is 2.73. The van der Waals surface area contributed by atoms with E-state index in [0.29, 0.717) is 18.4 Å². The highest BCUT2D eigenvalue weighted by atomic mass is 16.5. The fraction of sp³-hybridized carbons (Fsp3) is 0.375. The predicted octanol–water partition coefficient (Wildman–Crippen LogP) is -0.212. The third kappa shape index (κ3) is 3.06. The van der Waals surface area contributed by atoms with Crippen LogP contribution in [0.3, 0.4) is 0 Å². The van der Waals surface area contributed by atoms with Gasteiger partial charge in [0.15, 0.2) is 0 Å². The fourth-order valence-electron chi connectivity index (χ4n) is 0.837. The quantitative estimate of drug-likeness (QED) is 0.395. The number of nitrogens with one attached hydrogen (secondary N) is 1. The number of nitrogens with zero attached hydrogens (tertiary/aromatic N) is 4. The van der Waals surface area contributed by atoms with Crippen molar-refractivity contribution in [3.63, 3.8) is 0 Å². The molecular weight excluding hydrogens is 196 g/mol. The van der Waals surface area contributed by atoms with Gasteiger partial charge in [-0.15, -0.1) is 6.58 Å². The van der Waals surface area contributed by atoms with Gasteiger partial charge in [0.2, 0.25) is 11.9 Å². The van der Waals surface area contributed by atoms with E-state index in [-0.39, 0.29) is 6.01 Å². The molecule has 0 aromatic carbocycles. The molecule has 1 aromatic heterocycles. The van der Waals surface area contributed by atoms with E-state index in [4.69, 9.17) is 10.6 Å². The molecule has 3 N–H and O–H groups in total. The van der Waals surface area contributed by atoms with Gasteiger partial charge < -0.3 is 10.1 Å². The monoisotopic (exact) mass is 210 g/mol. The van der Waals surface area contributed by atoms with E-state index in [2.05, 4.69) is 26.8 Å². The van der Waals surface area contributed by atoms with Crippen molar-refractivity contribution in [2.45, 2.75) is 0 Å². The van der Waals surface area contributed by atoms with E-state index in [1.807, 2.05) is 0 Å². The van der Waals surface area contributed by atoms with E-state index in [0.717, 1.165) is 0 Å². The third-order valence-corrected chi connectivity index (χ3v) is 1.51. The van der Waals surface area contributed by atoms with E-state index in [9.17, 15) is 0 Å². The standard InChI is InChI=1S/C8H14N6O/c1-4-5-10-6-11-7(14(2)9)13-8(12-6)15-3/h4H,1,5,9H2,2-3H3,(H,10,11,12,13). The Morgan fingerprint density at radius 2 is 2.27 bits per heavy atom. The van der Waals surface area contributed by atoms with Gasteiger partial charge in [-0.3, -0.25) is 5.01 Å². The summed E-state index contributed by atoms with van der Waals surface area (Å²) in [7, 11) is 3.11. The Morgan fingerprint density at radius 1 is 1.53 bits per heavy atom. The van der Waals surface area contributed by atoms with Crippen molar-refractivity contribution < 1.29 is 4.74 Å². The molecule has 0 amide bonds. The lowest BCUT2D eigenvalue weighted by molar-refractivity contribution is 0.379. The first-order valence-electron chi connectivity index (χ1n) is 4.30. The van der Waals surface area contributed by atoms with Crippen LogP contribution in [0.1, 0.15) is 0 Å². The number of nitrogens with two attached hydrogens (primary N) is 1. The lowest BCUT2D eigenvalue weighted by Crippen LogP contribution is -2.28. The molecule has 0 aliphatic rings. The largest absolute Gasteiger partial charge is 0.467 e. The molecule has 0 aliphatic heterocycles. The number of rotatable bonds is 5. The smallest absolute Gasteiger partial charge is 0.322 e. The lowest BCUT2D eigenvalue weighted by Gasteiger charge is -2.11. The van der Waals surface area contributed by atoms with Crippen molar-refractivity contribution in [3.05, 3.63) is 12.7 Å². The molecule has 0 bridgehead atoms. The highest BCUT2D eigenvalue weighted by Crippen LogP contribution is 2.11. The van der Waals surface area contributed by atoms with Crippen LogP contribution in [0, 0.1) is 0 Å². The van der Waals surface area contributed by atoms with Crippen LogP contribution in [0.4, 0.5) is 11.9 Å². The minimum Gasteiger partial charge on any atom is -0.467 e. The van der Waals surface area contributed by atoms with Crippen LogP contribution in [0.5, 0.6) is 6.01 Å². The molecule has 82 valence electrons. The van der Waals surface area contributed by atoms with Gasteiger partial charge in [0, 0.05) is 13.6 Å². The first-order valence-corrected chi connectivity index (χ1v) is 4.30. The number of hydrogen-bond acceptors (Lipinski definition) is 7. The fourth-order valence-corrected chi connectivity index (χ4v) is 0.837. The Labute approximate surface area is 88.0 Å². The molecule has 0 spiro atoms. The molecule has 15 heavy (non-hydrogen) atoms. The molecule has 0 unspecified atom stereocenters. The van der Waals surface area contributed by atoms with E-state index in [1.54, 1.807) is 13.1 Å². The maximum atomic E-state index is 5.51. The molecule has 0 fully saturated rings. The normalized spacial score (nSPS) is 9.53. The number of aromatic nitrogens is 3. The Kier molecular flexibility index (Phi) is 3.81. The maximum absolute atomic E-state index is 5.51. The zero-order valence-corrected chi connectivity index (χ0v) is 8.77. The van der Waals surface area contributed by atoms with Crippen molar-refractivity contribution in [3.8, 4) is 6.01 Å². The summed E-state index contributed by atoms with van der Waals surface area (Å²) in [6, 6.07) is 0.212. The van der Waals surface area contributed by atoms with Crippen LogP contribution in [0.15, 0.2) is 12.7 Å². The molecule has 0 radical (unpaired) electrons. The van der Waals surface area contributed by atoms with Crippen LogP contribution in [0.25, 0.3) is 0 Å². The number of ether oxygens (including phenoxy) is 1. The summed E-state index contributed by atoms with van der Waals surface area (Å²) in [5, 5.41) is 4.20. The van der Waals surface area contributed by atoms with Gasteiger partial charge in [-0.05, 0) is 0 Å². The van der Waals surface area contributed by atoms with Crippen LogP contribution in [0.2, 0.25) is 0 Å². The van der Waals surface area contributed by atoms with Gasteiger partial charge in [0.05, 0.1) is 7.11 Å². The van der Waals surface area contributed by atoms with Crippen LogP contribution in [-0.2, 0) is 0 Å². The summed E-state index contributed by atoms with van der Waals surface area (Å²) in [6.45, 7) is 4.13. The van der Waals surface area contributed by atoms with Crippen molar-refractivity contribution in [2.75, 3.05) is 31.0 Å². The van der Waals surface area contributed by atoms with Gasteiger partial charge in [0.1, 0.15) is 0 Å². The Balaban J connectivity index is 2.94. The van der Waals surface area contributed by atoms with Crippen molar-refractivity contribution >= 4 is 11.9 Å². The highest BCUT2D eigenvalue weighted by Gasteiger charge is 2.07. The first-order chi connectivity index (χ1) is 7.17. The zero-order chi connectivity index (χ0) is 11.3. The minimum atomic E-state index is 0.212. The molecule has 7 nitrogen and oxygen atoms in total. The van der Waals surface area contributed by atoms with Crippen LogP contribution in [-0.4, -0.2) is 35.7 Å². The van der Waals surface area contributed by atoms with E-state index < -0.39 is 0 Å². The number of hydrogen-bond donors (Lipinski definition) is 2. The topological polar surface area (TPSA) is 89.2 Å². The van der Waals surface area contributed by atoms with E-state index in [1.165, 1.54) is 12.1 Å². The molecule has 7 heteroatoms. The minimum absolute atomic E-state index is 0.212. The zero-order valence-electron chi connectivity index (χ0n) is 8.77. The van der Waals surface area contributed by atoms with Crippen molar-refractivity contribution in [1.82, 2.24) is 15.0 Å². The van der Waals surface area contributed by atoms with Gasteiger partial charge >= 0.3 is 6.01 Å². The van der Waals surface area contributed by atoms with Gasteiger partial charge in [-0.2, -0.15) is 15.0 Å². The summed E-state index contributed by atoms with van der Waals surface area (Å²) in [5.41, 5.74) is 0. The third-order valence-electron chi connectivity index (χ3n) is 1.51. The molecule has 1 heterocycles. The first kappa shape index (κ1) is 11.2. The van der Waals surface area contributed by atoms with Crippen LogP contribution >= 0.6 is 0 Å². The second kappa shape index (κ2) is 5.11. The Morgan fingerprint density at radius 3 is 2.80 bits per heavy atom. The summed E-state index contributed by atoms with van der Waals surface area (Å²) < 4.78 is 4.92. The lowest BCUT2D eigenvalue weighted by atomic mass is 10.6. The number of hydrazine groups is 1. The Bertz CT molecular complexity index is 340. The molecule has 0 saturated carbocycles. The van der Waals surface area contributed by atoms with Crippen molar-refractivity contribution in [2.24, 2.45) is 5.84 Å². The van der Waals surface area contributed by atoms with Crippen molar-refractivity contribution in [1.29, 1.82) is 0 Å².